The Balaban J connectivity index is 4.05. The normalized spacial score (nSPS) is 12.5. The largest absolute Gasteiger partial charge is 0.329 e. The molecular formula is C8H21N3. The minimum Gasteiger partial charge on any atom is -0.329 e. The molecule has 0 radical (unpaired) electrons. The number of nitrogens with two attached hydrogens (primary N) is 1. The molecule has 0 heterocycles. The van der Waals surface area contributed by atoms with Crippen molar-refractivity contribution in [3.63, 3.8) is 0 Å². The molecular weight excluding hydrogens is 138 g/mol. The van der Waals surface area contributed by atoms with Crippen molar-refractivity contribution < 1.29 is 0 Å². The molecule has 0 unspecified atom stereocenters. The molecule has 3 heteroatoms. The predicted octanol–water partition coefficient (Wildman–Crippen LogP) is 0.570. The van der Waals surface area contributed by atoms with E-state index in [1.54, 1.807) is 0 Å². The summed E-state index contributed by atoms with van der Waals surface area (Å²) in [5.41, 5.74) is 9.14. The van der Waals surface area contributed by atoms with Crippen LogP contribution in [0.15, 0.2) is 0 Å². The van der Waals surface area contributed by atoms with Gasteiger partial charge in [0.2, 0.25) is 0 Å². The van der Waals surface area contributed by atoms with Gasteiger partial charge in [-0.25, -0.2) is 5.43 Å². The summed E-state index contributed by atoms with van der Waals surface area (Å²) < 4.78 is 0. The number of nitrogens with one attached hydrogen (secondary N) is 1. The van der Waals surface area contributed by atoms with Crippen LogP contribution in [0.2, 0.25) is 0 Å². The second-order valence-corrected chi connectivity index (χ2v) is 3.20. The Morgan fingerprint density at radius 3 is 1.82 bits per heavy atom. The fraction of sp³-hybridized carbons (Fsp3) is 1.00. The topological polar surface area (TPSA) is 41.3 Å². The monoisotopic (exact) mass is 159 g/mol. The summed E-state index contributed by atoms with van der Waals surface area (Å²) in [5, 5.41) is 1.97. The maximum atomic E-state index is 5.69. The van der Waals surface area contributed by atoms with E-state index in [9.17, 15) is 0 Å². The smallest absolute Gasteiger partial charge is 0.0442 e. The lowest BCUT2D eigenvalue weighted by atomic mass is 9.94. The molecule has 0 aliphatic carbocycles. The van der Waals surface area contributed by atoms with E-state index in [4.69, 9.17) is 5.73 Å². The van der Waals surface area contributed by atoms with Gasteiger partial charge in [0.15, 0.2) is 0 Å². The Hall–Kier alpha value is -0.120. The lowest BCUT2D eigenvalue weighted by Crippen LogP contribution is -2.55. The van der Waals surface area contributed by atoms with Crippen molar-refractivity contribution in [2.24, 2.45) is 5.73 Å². The highest BCUT2D eigenvalue weighted by Crippen LogP contribution is 2.12. The first-order valence-electron chi connectivity index (χ1n) is 4.25. The second-order valence-electron chi connectivity index (χ2n) is 3.20. The first kappa shape index (κ1) is 10.9. The van der Waals surface area contributed by atoms with Crippen LogP contribution in [-0.4, -0.2) is 31.2 Å². The highest BCUT2D eigenvalue weighted by atomic mass is 15.5. The Morgan fingerprint density at radius 1 is 1.27 bits per heavy atom. The number of rotatable bonds is 5. The lowest BCUT2D eigenvalue weighted by molar-refractivity contribution is 0.153. The van der Waals surface area contributed by atoms with Crippen molar-refractivity contribution in [2.75, 3.05) is 20.6 Å². The van der Waals surface area contributed by atoms with Gasteiger partial charge in [-0.05, 0) is 12.8 Å². The fourth-order valence-electron chi connectivity index (χ4n) is 1.22. The van der Waals surface area contributed by atoms with Gasteiger partial charge in [-0.2, -0.15) is 0 Å². The van der Waals surface area contributed by atoms with Gasteiger partial charge in [-0.15, -0.1) is 0 Å². The highest BCUT2D eigenvalue weighted by Gasteiger charge is 2.23. The zero-order valence-corrected chi connectivity index (χ0v) is 8.15. The Morgan fingerprint density at radius 2 is 1.73 bits per heavy atom. The van der Waals surface area contributed by atoms with E-state index in [2.05, 4.69) is 19.3 Å². The van der Waals surface area contributed by atoms with E-state index < -0.39 is 0 Å². The first-order chi connectivity index (χ1) is 5.10. The van der Waals surface area contributed by atoms with E-state index in [-0.39, 0.29) is 5.54 Å². The van der Waals surface area contributed by atoms with E-state index >= 15 is 0 Å². The molecule has 3 N–H and O–H groups in total. The molecule has 68 valence electrons. The number of hydrogen-bond acceptors (Lipinski definition) is 3. The van der Waals surface area contributed by atoms with Gasteiger partial charge in [0.05, 0.1) is 0 Å². The lowest BCUT2D eigenvalue weighted by Gasteiger charge is -2.34. The zero-order chi connectivity index (χ0) is 8.91. The van der Waals surface area contributed by atoms with Gasteiger partial charge in [-0.3, -0.25) is 5.01 Å². The van der Waals surface area contributed by atoms with Crippen molar-refractivity contribution >= 4 is 0 Å². The van der Waals surface area contributed by atoms with Gasteiger partial charge in [0, 0.05) is 26.2 Å². The molecule has 0 saturated carbocycles. The standard InChI is InChI=1S/C8H21N3/c1-5-8(6-2,7-9)10-11(3)4/h10H,5-7,9H2,1-4H3. The zero-order valence-electron chi connectivity index (χ0n) is 8.15. The molecule has 0 aromatic carbocycles. The Bertz CT molecular complexity index is 89.2. The summed E-state index contributed by atoms with van der Waals surface area (Å²) in [4.78, 5) is 0. The average molecular weight is 159 g/mol. The fourth-order valence-corrected chi connectivity index (χ4v) is 1.22. The third kappa shape index (κ3) is 3.18. The summed E-state index contributed by atoms with van der Waals surface area (Å²) in [6, 6.07) is 0. The molecule has 11 heavy (non-hydrogen) atoms. The summed E-state index contributed by atoms with van der Waals surface area (Å²) >= 11 is 0. The quantitative estimate of drug-likeness (QED) is 0.576. The van der Waals surface area contributed by atoms with Gasteiger partial charge in [0.1, 0.15) is 0 Å². The molecule has 0 bridgehead atoms. The van der Waals surface area contributed by atoms with E-state index in [0.29, 0.717) is 6.54 Å². The predicted molar refractivity (Wildman–Crippen MR) is 49.2 cm³/mol. The SMILES string of the molecule is CCC(CC)(CN)NN(C)C. The minimum atomic E-state index is 0.101. The van der Waals surface area contributed by atoms with Crippen LogP contribution in [0.3, 0.4) is 0 Å². The molecule has 0 spiro atoms. The second kappa shape index (κ2) is 4.70. The molecule has 0 saturated heterocycles. The van der Waals surface area contributed by atoms with Crippen LogP contribution in [-0.2, 0) is 0 Å². The average Bonchev–Trinajstić information content (AvgIpc) is 2.00. The van der Waals surface area contributed by atoms with Crippen LogP contribution in [0.4, 0.5) is 0 Å². The maximum absolute atomic E-state index is 5.69. The van der Waals surface area contributed by atoms with Crippen LogP contribution in [0.1, 0.15) is 26.7 Å². The van der Waals surface area contributed by atoms with Crippen molar-refractivity contribution in [1.82, 2.24) is 10.4 Å². The number of hydrogen-bond donors (Lipinski definition) is 2. The van der Waals surface area contributed by atoms with Crippen molar-refractivity contribution in [2.45, 2.75) is 32.2 Å². The summed E-state index contributed by atoms with van der Waals surface area (Å²) in [6.45, 7) is 5.01. The third-order valence-electron chi connectivity index (χ3n) is 2.21. The molecule has 0 fully saturated rings. The molecule has 0 amide bonds. The van der Waals surface area contributed by atoms with Crippen LogP contribution in [0.5, 0.6) is 0 Å². The molecule has 0 aromatic heterocycles. The highest BCUT2D eigenvalue weighted by molar-refractivity contribution is 4.84. The van der Waals surface area contributed by atoms with Gasteiger partial charge in [-0.1, -0.05) is 13.8 Å². The van der Waals surface area contributed by atoms with E-state index in [0.717, 1.165) is 12.8 Å². The minimum absolute atomic E-state index is 0.101. The summed E-state index contributed by atoms with van der Waals surface area (Å²) in [6.07, 6.45) is 2.14. The molecule has 0 aromatic rings. The Labute approximate surface area is 69.9 Å². The Kier molecular flexibility index (Phi) is 4.65. The van der Waals surface area contributed by atoms with Crippen LogP contribution in [0, 0.1) is 0 Å². The number of nitrogens with zero attached hydrogens (tertiary/aromatic N) is 1. The molecule has 0 aliphatic heterocycles. The maximum Gasteiger partial charge on any atom is 0.0442 e. The molecule has 3 nitrogen and oxygen atoms in total. The van der Waals surface area contributed by atoms with Crippen LogP contribution >= 0.6 is 0 Å². The van der Waals surface area contributed by atoms with Crippen molar-refractivity contribution in [3.8, 4) is 0 Å². The van der Waals surface area contributed by atoms with Gasteiger partial charge >= 0.3 is 0 Å². The van der Waals surface area contributed by atoms with Gasteiger partial charge in [0.25, 0.3) is 0 Å². The molecule has 0 aliphatic rings. The third-order valence-corrected chi connectivity index (χ3v) is 2.21. The van der Waals surface area contributed by atoms with E-state index in [1.807, 2.05) is 19.1 Å². The number of hydrazine groups is 1. The van der Waals surface area contributed by atoms with Crippen molar-refractivity contribution in [3.05, 3.63) is 0 Å². The van der Waals surface area contributed by atoms with Crippen LogP contribution in [0.25, 0.3) is 0 Å². The van der Waals surface area contributed by atoms with Gasteiger partial charge < -0.3 is 5.73 Å². The first-order valence-corrected chi connectivity index (χ1v) is 4.25. The van der Waals surface area contributed by atoms with Crippen molar-refractivity contribution in [1.29, 1.82) is 0 Å². The molecule has 0 rings (SSSR count). The summed E-state index contributed by atoms with van der Waals surface area (Å²) in [7, 11) is 3.99. The summed E-state index contributed by atoms with van der Waals surface area (Å²) in [5.74, 6) is 0. The van der Waals surface area contributed by atoms with E-state index in [1.165, 1.54) is 0 Å². The molecule has 0 atom stereocenters. The van der Waals surface area contributed by atoms with Crippen LogP contribution < -0.4 is 11.2 Å².